The van der Waals surface area contributed by atoms with Crippen LogP contribution < -0.4 is 0 Å². The molecule has 0 radical (unpaired) electrons. The van der Waals surface area contributed by atoms with E-state index in [1.807, 2.05) is 6.92 Å². The molecule has 0 aliphatic carbocycles. The summed E-state index contributed by atoms with van der Waals surface area (Å²) in [5.74, 6) is -0.907. The second-order valence-corrected chi connectivity index (χ2v) is 4.67. The number of aliphatic hydroxyl groups is 1. The van der Waals surface area contributed by atoms with E-state index in [1.54, 1.807) is 0 Å². The second kappa shape index (κ2) is 8.57. The van der Waals surface area contributed by atoms with Crippen molar-refractivity contribution < 1.29 is 15.0 Å². The Balaban J connectivity index is 3.65. The lowest BCUT2D eigenvalue weighted by atomic mass is 9.90. The summed E-state index contributed by atoms with van der Waals surface area (Å²) in [6, 6.07) is 0. The van der Waals surface area contributed by atoms with Gasteiger partial charge in [0.05, 0.1) is 12.0 Å². The molecular formula is C13H26O3. The van der Waals surface area contributed by atoms with E-state index in [2.05, 4.69) is 6.92 Å². The van der Waals surface area contributed by atoms with Gasteiger partial charge in [-0.05, 0) is 12.8 Å². The van der Waals surface area contributed by atoms with Crippen LogP contribution in [0, 0.1) is 0 Å². The number of carboxylic acids is 1. The SMILES string of the molecule is CCCCCCCCC(O)(CC)CC(=O)O. The number of hydrogen-bond donors (Lipinski definition) is 2. The molecule has 0 rings (SSSR count). The fraction of sp³-hybridized carbons (Fsp3) is 0.923. The highest BCUT2D eigenvalue weighted by Gasteiger charge is 2.27. The maximum absolute atomic E-state index is 10.6. The van der Waals surface area contributed by atoms with Crippen molar-refractivity contribution in [2.24, 2.45) is 0 Å². The topological polar surface area (TPSA) is 57.5 Å². The highest BCUT2D eigenvalue weighted by Crippen LogP contribution is 2.23. The first-order valence-corrected chi connectivity index (χ1v) is 6.48. The molecule has 0 amide bonds. The Hall–Kier alpha value is -0.570. The summed E-state index contributed by atoms with van der Waals surface area (Å²) in [5.41, 5.74) is -0.989. The smallest absolute Gasteiger partial charge is 0.306 e. The number of aliphatic carboxylic acids is 1. The second-order valence-electron chi connectivity index (χ2n) is 4.67. The Morgan fingerprint density at radius 3 is 2.12 bits per heavy atom. The van der Waals surface area contributed by atoms with Crippen molar-refractivity contribution in [1.82, 2.24) is 0 Å². The minimum atomic E-state index is -0.989. The van der Waals surface area contributed by atoms with Crippen molar-refractivity contribution >= 4 is 5.97 Å². The van der Waals surface area contributed by atoms with E-state index >= 15 is 0 Å². The average Bonchev–Trinajstić information content (AvgIpc) is 2.22. The standard InChI is InChI=1S/C13H26O3/c1-3-5-6-7-8-9-10-13(16,4-2)11-12(14)15/h16H,3-11H2,1-2H3,(H,14,15). The predicted octanol–water partition coefficient (Wildman–Crippen LogP) is 3.35. The van der Waals surface area contributed by atoms with Gasteiger partial charge < -0.3 is 10.2 Å². The largest absolute Gasteiger partial charge is 0.481 e. The van der Waals surface area contributed by atoms with Gasteiger partial charge in [-0.2, -0.15) is 0 Å². The molecule has 0 heterocycles. The Bertz CT molecular complexity index is 192. The molecule has 0 fully saturated rings. The molecule has 1 atom stereocenters. The molecular weight excluding hydrogens is 204 g/mol. The molecule has 16 heavy (non-hydrogen) atoms. The Kier molecular flexibility index (Phi) is 8.26. The van der Waals surface area contributed by atoms with Gasteiger partial charge in [-0.25, -0.2) is 0 Å². The zero-order valence-electron chi connectivity index (χ0n) is 10.7. The quantitative estimate of drug-likeness (QED) is 0.566. The van der Waals surface area contributed by atoms with Crippen molar-refractivity contribution in [2.45, 2.75) is 77.2 Å². The summed E-state index contributed by atoms with van der Waals surface area (Å²) in [4.78, 5) is 10.6. The minimum Gasteiger partial charge on any atom is -0.481 e. The molecule has 0 spiro atoms. The van der Waals surface area contributed by atoms with Gasteiger partial charge in [-0.15, -0.1) is 0 Å². The summed E-state index contributed by atoms with van der Waals surface area (Å²) in [5, 5.41) is 18.7. The Morgan fingerprint density at radius 2 is 1.62 bits per heavy atom. The first kappa shape index (κ1) is 15.4. The van der Waals surface area contributed by atoms with Crippen LogP contribution in [0.3, 0.4) is 0 Å². The van der Waals surface area contributed by atoms with E-state index in [9.17, 15) is 9.90 Å². The van der Waals surface area contributed by atoms with Gasteiger partial charge >= 0.3 is 5.97 Å². The molecule has 0 aromatic rings. The molecule has 0 aromatic carbocycles. The zero-order chi connectivity index (χ0) is 12.4. The summed E-state index contributed by atoms with van der Waals surface area (Å²) in [6.45, 7) is 4.03. The summed E-state index contributed by atoms with van der Waals surface area (Å²) < 4.78 is 0. The van der Waals surface area contributed by atoms with Crippen LogP contribution in [0.1, 0.15) is 71.6 Å². The van der Waals surface area contributed by atoms with Crippen molar-refractivity contribution in [3.63, 3.8) is 0 Å². The van der Waals surface area contributed by atoms with Crippen molar-refractivity contribution in [3.05, 3.63) is 0 Å². The lowest BCUT2D eigenvalue weighted by Gasteiger charge is -2.24. The average molecular weight is 230 g/mol. The van der Waals surface area contributed by atoms with E-state index in [1.165, 1.54) is 25.7 Å². The van der Waals surface area contributed by atoms with Crippen LogP contribution in [0.2, 0.25) is 0 Å². The molecule has 3 heteroatoms. The molecule has 3 nitrogen and oxygen atoms in total. The number of hydrogen-bond acceptors (Lipinski definition) is 2. The maximum atomic E-state index is 10.6. The van der Waals surface area contributed by atoms with Crippen LogP contribution in [0.15, 0.2) is 0 Å². The lowest BCUT2D eigenvalue weighted by Crippen LogP contribution is -2.30. The molecule has 0 saturated carbocycles. The van der Waals surface area contributed by atoms with Crippen LogP contribution in [0.4, 0.5) is 0 Å². The van der Waals surface area contributed by atoms with Gasteiger partial charge in [0.25, 0.3) is 0 Å². The van der Waals surface area contributed by atoms with Gasteiger partial charge in [-0.3, -0.25) is 4.79 Å². The molecule has 0 aliphatic rings. The number of unbranched alkanes of at least 4 members (excludes halogenated alkanes) is 5. The molecule has 2 N–H and O–H groups in total. The van der Waals surface area contributed by atoms with Crippen LogP contribution in [0.25, 0.3) is 0 Å². The molecule has 1 unspecified atom stereocenters. The Labute approximate surface area is 98.9 Å². The maximum Gasteiger partial charge on any atom is 0.306 e. The molecule has 0 aliphatic heterocycles. The highest BCUT2D eigenvalue weighted by molar-refractivity contribution is 5.68. The molecule has 0 bridgehead atoms. The number of carboxylic acid groups (broad SMARTS) is 1. The van der Waals surface area contributed by atoms with Crippen LogP contribution in [-0.2, 0) is 4.79 Å². The first-order chi connectivity index (χ1) is 7.54. The summed E-state index contributed by atoms with van der Waals surface area (Å²) in [7, 11) is 0. The van der Waals surface area contributed by atoms with Crippen LogP contribution >= 0.6 is 0 Å². The minimum absolute atomic E-state index is 0.127. The van der Waals surface area contributed by atoms with Gasteiger partial charge in [0, 0.05) is 0 Å². The monoisotopic (exact) mass is 230 g/mol. The molecule has 0 saturated heterocycles. The third-order valence-corrected chi connectivity index (χ3v) is 3.13. The first-order valence-electron chi connectivity index (χ1n) is 6.48. The normalized spacial score (nSPS) is 14.7. The number of carbonyl (C=O) groups is 1. The van der Waals surface area contributed by atoms with Crippen LogP contribution in [0.5, 0.6) is 0 Å². The van der Waals surface area contributed by atoms with Crippen molar-refractivity contribution in [2.75, 3.05) is 0 Å². The van der Waals surface area contributed by atoms with E-state index in [0.717, 1.165) is 12.8 Å². The zero-order valence-corrected chi connectivity index (χ0v) is 10.7. The van der Waals surface area contributed by atoms with Crippen molar-refractivity contribution in [1.29, 1.82) is 0 Å². The van der Waals surface area contributed by atoms with Gasteiger partial charge in [0.1, 0.15) is 0 Å². The molecule has 96 valence electrons. The van der Waals surface area contributed by atoms with Crippen LogP contribution in [-0.4, -0.2) is 21.8 Å². The third-order valence-electron chi connectivity index (χ3n) is 3.13. The van der Waals surface area contributed by atoms with Crippen molar-refractivity contribution in [3.8, 4) is 0 Å². The van der Waals surface area contributed by atoms with Gasteiger partial charge in [0.15, 0.2) is 0 Å². The summed E-state index contributed by atoms with van der Waals surface area (Å²) >= 11 is 0. The lowest BCUT2D eigenvalue weighted by molar-refractivity contribution is -0.143. The van der Waals surface area contributed by atoms with E-state index in [0.29, 0.717) is 12.8 Å². The molecule has 0 aromatic heterocycles. The fourth-order valence-electron chi connectivity index (χ4n) is 1.91. The Morgan fingerprint density at radius 1 is 1.06 bits per heavy atom. The van der Waals surface area contributed by atoms with Gasteiger partial charge in [-0.1, -0.05) is 52.4 Å². The van der Waals surface area contributed by atoms with E-state index in [4.69, 9.17) is 5.11 Å². The number of rotatable bonds is 10. The predicted molar refractivity (Wildman–Crippen MR) is 65.5 cm³/mol. The van der Waals surface area contributed by atoms with E-state index in [-0.39, 0.29) is 6.42 Å². The van der Waals surface area contributed by atoms with Gasteiger partial charge in [0.2, 0.25) is 0 Å². The highest BCUT2D eigenvalue weighted by atomic mass is 16.4. The third kappa shape index (κ3) is 7.69. The summed E-state index contributed by atoms with van der Waals surface area (Å²) in [6.07, 6.45) is 7.99. The fourth-order valence-corrected chi connectivity index (χ4v) is 1.91. The van der Waals surface area contributed by atoms with E-state index < -0.39 is 11.6 Å².